The van der Waals surface area contributed by atoms with Crippen LogP contribution in [0.1, 0.15) is 54.6 Å². The standard InChI is InChI=1S/C25H20ClF4N7O2/c1-38-24-18(19(13-2-3-13)33-11-34-24)21-32-8-15(26)23(36-21)39-10-12-6-16(27)20(31-7-12)22-35-17(25(28,29)30)9-37(22)14-4-5-14/h6-9,11,13-14H,2-5,10H2,1H3. The van der Waals surface area contributed by atoms with Crippen molar-refractivity contribution >= 4 is 11.6 Å². The monoisotopic (exact) mass is 561 g/mol. The maximum Gasteiger partial charge on any atom is 0.434 e. The maximum absolute atomic E-state index is 15.1. The second-order valence-corrected chi connectivity index (χ2v) is 9.72. The number of pyridine rings is 1. The molecule has 202 valence electrons. The number of imidazole rings is 1. The first-order valence-electron chi connectivity index (χ1n) is 12.1. The van der Waals surface area contributed by atoms with Crippen LogP contribution in [0, 0.1) is 5.82 Å². The molecule has 2 aliphatic carbocycles. The Kier molecular flexibility index (Phi) is 6.32. The minimum absolute atomic E-state index is 0.0397. The molecule has 0 aliphatic heterocycles. The van der Waals surface area contributed by atoms with Gasteiger partial charge in [0, 0.05) is 29.9 Å². The van der Waals surface area contributed by atoms with Crippen molar-refractivity contribution < 1.29 is 27.0 Å². The zero-order valence-electron chi connectivity index (χ0n) is 20.4. The molecule has 0 aromatic carbocycles. The lowest BCUT2D eigenvalue weighted by molar-refractivity contribution is -0.140. The number of halogens is 5. The van der Waals surface area contributed by atoms with Crippen LogP contribution in [0.2, 0.25) is 5.02 Å². The minimum atomic E-state index is -4.65. The van der Waals surface area contributed by atoms with E-state index in [0.29, 0.717) is 29.8 Å². The molecule has 4 aromatic rings. The highest BCUT2D eigenvalue weighted by atomic mass is 35.5. The Labute approximate surface area is 224 Å². The lowest BCUT2D eigenvalue weighted by atomic mass is 10.1. The number of aromatic nitrogens is 7. The Morgan fingerprint density at radius 1 is 1.03 bits per heavy atom. The average Bonchev–Trinajstić information content (AvgIpc) is 3.85. The fraction of sp³-hybridized carbons (Fsp3) is 0.360. The number of methoxy groups -OCH3 is 1. The van der Waals surface area contributed by atoms with Crippen LogP contribution in [0.5, 0.6) is 11.8 Å². The van der Waals surface area contributed by atoms with E-state index in [9.17, 15) is 13.2 Å². The van der Waals surface area contributed by atoms with E-state index >= 15 is 4.39 Å². The molecule has 2 aliphatic rings. The maximum atomic E-state index is 15.1. The number of rotatable bonds is 8. The van der Waals surface area contributed by atoms with E-state index in [0.717, 1.165) is 30.8 Å². The van der Waals surface area contributed by atoms with Gasteiger partial charge >= 0.3 is 6.18 Å². The molecule has 4 aromatic heterocycles. The summed E-state index contributed by atoms with van der Waals surface area (Å²) in [7, 11) is 1.49. The van der Waals surface area contributed by atoms with Gasteiger partial charge in [-0.1, -0.05) is 11.6 Å². The lowest BCUT2D eigenvalue weighted by Crippen LogP contribution is -2.06. The summed E-state index contributed by atoms with van der Waals surface area (Å²) >= 11 is 6.26. The molecule has 4 heterocycles. The number of nitrogens with zero attached hydrogens (tertiary/aromatic N) is 7. The Morgan fingerprint density at radius 3 is 2.49 bits per heavy atom. The van der Waals surface area contributed by atoms with E-state index < -0.39 is 17.7 Å². The van der Waals surface area contributed by atoms with Gasteiger partial charge in [-0.05, 0) is 31.7 Å². The van der Waals surface area contributed by atoms with Gasteiger partial charge in [0.15, 0.2) is 23.2 Å². The topological polar surface area (TPSA) is 101 Å². The Morgan fingerprint density at radius 2 is 1.82 bits per heavy atom. The number of ether oxygens (including phenoxy) is 2. The zero-order chi connectivity index (χ0) is 27.3. The Balaban J connectivity index is 1.25. The van der Waals surface area contributed by atoms with Crippen LogP contribution in [0.3, 0.4) is 0 Å². The second kappa shape index (κ2) is 9.70. The SMILES string of the molecule is COc1ncnc(C2CC2)c1-c1ncc(Cl)c(OCc2cnc(-c3nc(C(F)(F)F)cn3C3CC3)c(F)c2)n1. The predicted molar refractivity (Wildman–Crippen MR) is 130 cm³/mol. The van der Waals surface area contributed by atoms with Crippen LogP contribution in [0.15, 0.2) is 31.0 Å². The highest BCUT2D eigenvalue weighted by Crippen LogP contribution is 2.45. The summed E-state index contributed by atoms with van der Waals surface area (Å²) < 4.78 is 67.3. The van der Waals surface area contributed by atoms with Crippen molar-refractivity contribution in [3.8, 4) is 34.7 Å². The van der Waals surface area contributed by atoms with Crippen LogP contribution in [-0.2, 0) is 12.8 Å². The summed E-state index contributed by atoms with van der Waals surface area (Å²) in [5.41, 5.74) is 0.276. The van der Waals surface area contributed by atoms with Crippen LogP contribution in [0.25, 0.3) is 22.9 Å². The zero-order valence-corrected chi connectivity index (χ0v) is 21.2. The number of alkyl halides is 3. The first kappa shape index (κ1) is 25.4. The molecule has 39 heavy (non-hydrogen) atoms. The van der Waals surface area contributed by atoms with Gasteiger partial charge in [0.2, 0.25) is 11.8 Å². The molecule has 2 fully saturated rings. The fourth-order valence-electron chi connectivity index (χ4n) is 4.20. The van der Waals surface area contributed by atoms with Crippen molar-refractivity contribution in [2.75, 3.05) is 7.11 Å². The first-order chi connectivity index (χ1) is 18.7. The van der Waals surface area contributed by atoms with Crippen molar-refractivity contribution in [3.05, 3.63) is 58.8 Å². The van der Waals surface area contributed by atoms with Crippen LogP contribution in [0.4, 0.5) is 17.6 Å². The second-order valence-electron chi connectivity index (χ2n) is 9.31. The largest absolute Gasteiger partial charge is 0.480 e. The lowest BCUT2D eigenvalue weighted by Gasteiger charge is -2.13. The summed E-state index contributed by atoms with van der Waals surface area (Å²) in [6.07, 6.45) is 3.72. The van der Waals surface area contributed by atoms with Gasteiger partial charge in [-0.2, -0.15) is 18.2 Å². The van der Waals surface area contributed by atoms with Gasteiger partial charge in [-0.15, -0.1) is 0 Å². The first-order valence-corrected chi connectivity index (χ1v) is 12.5. The van der Waals surface area contributed by atoms with Gasteiger partial charge in [0.25, 0.3) is 0 Å². The van der Waals surface area contributed by atoms with Gasteiger partial charge < -0.3 is 14.0 Å². The average molecular weight is 562 g/mol. The predicted octanol–water partition coefficient (Wildman–Crippen LogP) is 5.80. The summed E-state index contributed by atoms with van der Waals surface area (Å²) in [6.45, 7) is -0.164. The highest BCUT2D eigenvalue weighted by Gasteiger charge is 2.38. The number of hydrogen-bond acceptors (Lipinski definition) is 8. The molecule has 0 atom stereocenters. The molecule has 0 bridgehead atoms. The smallest absolute Gasteiger partial charge is 0.434 e. The Bertz CT molecular complexity index is 1550. The van der Waals surface area contributed by atoms with Crippen molar-refractivity contribution in [2.45, 2.75) is 50.4 Å². The molecule has 6 rings (SSSR count). The van der Waals surface area contributed by atoms with E-state index in [2.05, 4.69) is 29.9 Å². The third-order valence-electron chi connectivity index (χ3n) is 6.38. The molecule has 0 spiro atoms. The van der Waals surface area contributed by atoms with Gasteiger partial charge in [-0.25, -0.2) is 29.3 Å². The van der Waals surface area contributed by atoms with Gasteiger partial charge in [-0.3, -0.25) is 0 Å². The molecule has 2 saturated carbocycles. The molecular weight excluding hydrogens is 542 g/mol. The molecule has 14 heteroatoms. The van der Waals surface area contributed by atoms with Gasteiger partial charge in [0.1, 0.15) is 29.2 Å². The summed E-state index contributed by atoms with van der Waals surface area (Å²) in [4.78, 5) is 25.0. The van der Waals surface area contributed by atoms with Crippen molar-refractivity contribution in [1.82, 2.24) is 34.5 Å². The van der Waals surface area contributed by atoms with E-state index in [-0.39, 0.29) is 46.8 Å². The van der Waals surface area contributed by atoms with Crippen molar-refractivity contribution in [1.29, 1.82) is 0 Å². The van der Waals surface area contributed by atoms with Gasteiger partial charge in [0.05, 0.1) is 19.0 Å². The quantitative estimate of drug-likeness (QED) is 0.249. The number of hydrogen-bond donors (Lipinski definition) is 0. The molecule has 0 unspecified atom stereocenters. The van der Waals surface area contributed by atoms with Crippen LogP contribution in [-0.4, -0.2) is 41.6 Å². The third-order valence-corrected chi connectivity index (χ3v) is 6.64. The molecule has 0 amide bonds. The summed E-state index contributed by atoms with van der Waals surface area (Å²) in [5.74, 6) is -0.106. The van der Waals surface area contributed by atoms with Crippen molar-refractivity contribution in [3.63, 3.8) is 0 Å². The molecule has 0 saturated heterocycles. The van der Waals surface area contributed by atoms with Crippen molar-refractivity contribution in [2.24, 2.45) is 0 Å². The third kappa shape index (κ3) is 5.10. The molecular formula is C25H20ClF4N7O2. The Hall–Kier alpha value is -3.87. The van der Waals surface area contributed by atoms with Crippen LogP contribution >= 0.6 is 11.6 Å². The van der Waals surface area contributed by atoms with E-state index in [4.69, 9.17) is 21.1 Å². The fourth-order valence-corrected chi connectivity index (χ4v) is 4.34. The molecule has 0 N–H and O–H groups in total. The van der Waals surface area contributed by atoms with E-state index in [1.54, 1.807) is 0 Å². The summed E-state index contributed by atoms with van der Waals surface area (Å²) in [5, 5.41) is 0.124. The normalized spacial score (nSPS) is 15.4. The highest BCUT2D eigenvalue weighted by molar-refractivity contribution is 6.31. The summed E-state index contributed by atoms with van der Waals surface area (Å²) in [6, 6.07) is 0.979. The van der Waals surface area contributed by atoms with Crippen LogP contribution < -0.4 is 9.47 Å². The minimum Gasteiger partial charge on any atom is -0.480 e. The van der Waals surface area contributed by atoms with E-state index in [1.807, 2.05) is 0 Å². The molecule has 0 radical (unpaired) electrons. The van der Waals surface area contributed by atoms with E-state index in [1.165, 1.54) is 30.4 Å². The molecule has 9 nitrogen and oxygen atoms in total.